The van der Waals surface area contributed by atoms with Crippen LogP contribution in [0.15, 0.2) is 46.2 Å². The molecule has 0 radical (unpaired) electrons. The van der Waals surface area contributed by atoms with Crippen molar-refractivity contribution in [3.63, 3.8) is 0 Å². The van der Waals surface area contributed by atoms with Gasteiger partial charge >= 0.3 is 0 Å². The zero-order valence-electron chi connectivity index (χ0n) is 15.2. The lowest BCUT2D eigenvalue weighted by molar-refractivity contribution is 0.346. The first-order valence-corrected chi connectivity index (χ1v) is 11.8. The summed E-state index contributed by atoms with van der Waals surface area (Å²) in [7, 11) is -8.05. The largest absolute Gasteiger partial charge is 0.243 e. The van der Waals surface area contributed by atoms with E-state index < -0.39 is 42.4 Å². The maximum Gasteiger partial charge on any atom is 0.243 e. The number of hydrogen-bond acceptors (Lipinski definition) is 4. The van der Waals surface area contributed by atoms with E-state index in [0.717, 1.165) is 19.3 Å². The number of hydrogen-bond donors (Lipinski definition) is 1. The Morgan fingerprint density at radius 1 is 0.828 bits per heavy atom. The molecule has 11 heteroatoms. The van der Waals surface area contributed by atoms with Crippen LogP contribution >= 0.6 is 0 Å². The van der Waals surface area contributed by atoms with Crippen molar-refractivity contribution in [2.75, 3.05) is 13.1 Å². The van der Waals surface area contributed by atoms with Crippen molar-refractivity contribution in [3.8, 4) is 0 Å². The van der Waals surface area contributed by atoms with Gasteiger partial charge in [0.1, 0.15) is 10.7 Å². The molecule has 0 unspecified atom stereocenters. The van der Waals surface area contributed by atoms with Crippen molar-refractivity contribution >= 4 is 20.0 Å². The predicted molar refractivity (Wildman–Crippen MR) is 99.4 cm³/mol. The summed E-state index contributed by atoms with van der Waals surface area (Å²) in [6.07, 6.45) is 2.60. The van der Waals surface area contributed by atoms with Gasteiger partial charge in [-0.25, -0.2) is 34.7 Å². The minimum atomic E-state index is -4.44. The van der Waals surface area contributed by atoms with Gasteiger partial charge in [0.25, 0.3) is 0 Å². The highest BCUT2D eigenvalue weighted by molar-refractivity contribution is 7.89. The van der Waals surface area contributed by atoms with Gasteiger partial charge in [-0.15, -0.1) is 0 Å². The summed E-state index contributed by atoms with van der Waals surface area (Å²) in [6, 6.07) is 6.02. The van der Waals surface area contributed by atoms with Gasteiger partial charge in [0.2, 0.25) is 20.0 Å². The maximum atomic E-state index is 13.7. The molecule has 0 spiro atoms. The molecule has 1 fully saturated rings. The highest BCUT2D eigenvalue weighted by Crippen LogP contribution is 2.22. The van der Waals surface area contributed by atoms with Crippen molar-refractivity contribution in [2.45, 2.75) is 35.6 Å². The van der Waals surface area contributed by atoms with E-state index in [1.54, 1.807) is 0 Å². The molecule has 1 aliphatic rings. The molecule has 0 bridgehead atoms. The third-order valence-corrected chi connectivity index (χ3v) is 7.94. The fraction of sp³-hybridized carbons (Fsp3) is 0.333. The molecule has 3 rings (SSSR count). The molecule has 0 amide bonds. The van der Waals surface area contributed by atoms with E-state index in [-0.39, 0.29) is 23.6 Å². The Kier molecular flexibility index (Phi) is 6.32. The van der Waals surface area contributed by atoms with E-state index in [4.69, 9.17) is 0 Å². The molecular formula is C18H19F3N2O4S2. The summed E-state index contributed by atoms with van der Waals surface area (Å²) in [6.45, 7) is 0.637. The second-order valence-corrected chi connectivity index (χ2v) is 10.3. The van der Waals surface area contributed by atoms with E-state index in [1.807, 2.05) is 0 Å². The SMILES string of the molecule is O=S(=O)(NCc1ccc(S(=O)(=O)N2CCCCC2)cc1)c1cc(F)c(F)cc1F. The number of benzene rings is 2. The van der Waals surface area contributed by atoms with Gasteiger partial charge in [0.15, 0.2) is 11.6 Å². The third kappa shape index (κ3) is 4.80. The number of nitrogens with zero attached hydrogens (tertiary/aromatic N) is 1. The van der Waals surface area contributed by atoms with Gasteiger partial charge in [-0.1, -0.05) is 18.6 Å². The maximum absolute atomic E-state index is 13.7. The fourth-order valence-electron chi connectivity index (χ4n) is 3.00. The minimum absolute atomic E-state index is 0.0951. The van der Waals surface area contributed by atoms with Crippen molar-refractivity contribution in [1.82, 2.24) is 9.03 Å². The topological polar surface area (TPSA) is 83.5 Å². The van der Waals surface area contributed by atoms with Crippen LogP contribution in [-0.4, -0.2) is 34.2 Å². The van der Waals surface area contributed by atoms with Gasteiger partial charge in [-0.3, -0.25) is 0 Å². The molecule has 1 saturated heterocycles. The summed E-state index contributed by atoms with van der Waals surface area (Å²) >= 11 is 0. The Morgan fingerprint density at radius 2 is 1.41 bits per heavy atom. The second-order valence-electron chi connectivity index (χ2n) is 6.63. The fourth-order valence-corrected chi connectivity index (χ4v) is 5.60. The normalized spacial score (nSPS) is 16.1. The standard InChI is InChI=1S/C18H19F3N2O4S2/c19-15-10-17(21)18(11-16(15)20)28(24,25)22-12-13-4-6-14(7-5-13)29(26,27)23-8-2-1-3-9-23/h4-7,10-11,22H,1-3,8-9,12H2. The Balaban J connectivity index is 1.72. The van der Waals surface area contributed by atoms with Crippen LogP contribution < -0.4 is 4.72 Å². The van der Waals surface area contributed by atoms with E-state index in [1.165, 1.54) is 28.6 Å². The van der Waals surface area contributed by atoms with Crippen LogP contribution in [0.2, 0.25) is 0 Å². The average molecular weight is 448 g/mol. The molecule has 6 nitrogen and oxygen atoms in total. The van der Waals surface area contributed by atoms with Gasteiger partial charge < -0.3 is 0 Å². The molecule has 29 heavy (non-hydrogen) atoms. The van der Waals surface area contributed by atoms with E-state index in [9.17, 15) is 30.0 Å². The molecule has 158 valence electrons. The van der Waals surface area contributed by atoms with Crippen molar-refractivity contribution in [2.24, 2.45) is 0 Å². The van der Waals surface area contributed by atoms with Gasteiger partial charge in [-0.05, 0) is 36.6 Å². The molecule has 0 aliphatic carbocycles. The average Bonchev–Trinajstić information content (AvgIpc) is 2.70. The van der Waals surface area contributed by atoms with Crippen molar-refractivity contribution < 1.29 is 30.0 Å². The van der Waals surface area contributed by atoms with Crippen molar-refractivity contribution in [3.05, 3.63) is 59.4 Å². The van der Waals surface area contributed by atoms with Gasteiger partial charge in [0.05, 0.1) is 4.90 Å². The molecule has 0 saturated carbocycles. The third-order valence-electron chi connectivity index (χ3n) is 4.61. The predicted octanol–water partition coefficient (Wildman–Crippen LogP) is 2.76. The van der Waals surface area contributed by atoms with Crippen LogP contribution in [0.25, 0.3) is 0 Å². The first-order valence-electron chi connectivity index (χ1n) is 8.84. The van der Waals surface area contributed by atoms with Crippen LogP contribution in [-0.2, 0) is 26.6 Å². The Hall–Kier alpha value is -1.95. The van der Waals surface area contributed by atoms with Crippen LogP contribution in [0.3, 0.4) is 0 Å². The number of halogens is 3. The lowest BCUT2D eigenvalue weighted by Gasteiger charge is -2.25. The number of sulfonamides is 2. The summed E-state index contributed by atoms with van der Waals surface area (Å²) in [5.41, 5.74) is 0.411. The summed E-state index contributed by atoms with van der Waals surface area (Å²) in [5.74, 6) is -4.40. The first kappa shape index (κ1) is 21.8. The summed E-state index contributed by atoms with van der Waals surface area (Å²) < 4.78 is 93.0. The van der Waals surface area contributed by atoms with E-state index >= 15 is 0 Å². The number of rotatable bonds is 6. The molecule has 2 aromatic rings. The minimum Gasteiger partial charge on any atom is -0.207 e. The van der Waals surface area contributed by atoms with E-state index in [0.29, 0.717) is 18.7 Å². The van der Waals surface area contributed by atoms with Crippen LogP contribution in [0.4, 0.5) is 13.2 Å². The molecule has 2 aromatic carbocycles. The van der Waals surface area contributed by atoms with E-state index in [2.05, 4.69) is 4.72 Å². The van der Waals surface area contributed by atoms with Gasteiger partial charge in [0, 0.05) is 25.7 Å². The molecule has 1 heterocycles. The molecule has 1 N–H and O–H groups in total. The zero-order valence-corrected chi connectivity index (χ0v) is 16.9. The summed E-state index contributed by atoms with van der Waals surface area (Å²) in [4.78, 5) is -0.918. The molecular weight excluding hydrogens is 429 g/mol. The first-order chi connectivity index (χ1) is 13.6. The lowest BCUT2D eigenvalue weighted by atomic mass is 10.2. The number of piperidine rings is 1. The second kappa shape index (κ2) is 8.42. The Bertz CT molecular complexity index is 1100. The summed E-state index contributed by atoms with van der Waals surface area (Å²) in [5, 5.41) is 0. The quantitative estimate of drug-likeness (QED) is 0.689. The Labute approximate surface area is 167 Å². The molecule has 1 aliphatic heterocycles. The zero-order chi connectivity index (χ0) is 21.2. The molecule has 0 aromatic heterocycles. The highest BCUT2D eigenvalue weighted by atomic mass is 32.2. The number of nitrogens with one attached hydrogen (secondary N) is 1. The lowest BCUT2D eigenvalue weighted by Crippen LogP contribution is -2.35. The van der Waals surface area contributed by atoms with Crippen LogP contribution in [0.1, 0.15) is 24.8 Å². The van der Waals surface area contributed by atoms with Crippen LogP contribution in [0, 0.1) is 17.5 Å². The monoisotopic (exact) mass is 448 g/mol. The highest BCUT2D eigenvalue weighted by Gasteiger charge is 2.26. The van der Waals surface area contributed by atoms with Crippen LogP contribution in [0.5, 0.6) is 0 Å². The van der Waals surface area contributed by atoms with Gasteiger partial charge in [-0.2, -0.15) is 4.31 Å². The smallest absolute Gasteiger partial charge is 0.207 e. The van der Waals surface area contributed by atoms with Crippen molar-refractivity contribution in [1.29, 1.82) is 0 Å². The Morgan fingerprint density at radius 3 is 2.03 bits per heavy atom. The molecule has 0 atom stereocenters.